The third-order valence-corrected chi connectivity index (χ3v) is 7.38. The Kier molecular flexibility index (Phi) is 7.63. The zero-order valence-electron chi connectivity index (χ0n) is 20.0. The second-order valence-electron chi connectivity index (χ2n) is 9.77. The molecule has 1 aromatic carbocycles. The number of hydrogen-bond donors (Lipinski definition) is 1. The minimum Gasteiger partial charge on any atom is -0.341 e. The van der Waals surface area contributed by atoms with Crippen molar-refractivity contribution in [3.8, 4) is 0 Å². The molecule has 6 nitrogen and oxygen atoms in total. The summed E-state index contributed by atoms with van der Waals surface area (Å²) in [7, 11) is 1.91. The lowest BCUT2D eigenvalue weighted by atomic mass is 9.79. The average molecular weight is 438 g/mol. The number of piperidine rings is 2. The molecule has 2 aliphatic heterocycles. The molecule has 174 valence electrons. The van der Waals surface area contributed by atoms with E-state index in [0.29, 0.717) is 24.9 Å². The van der Waals surface area contributed by atoms with Crippen LogP contribution < -0.4 is 5.32 Å². The second kappa shape index (κ2) is 10.6. The second-order valence-corrected chi connectivity index (χ2v) is 9.77. The third kappa shape index (κ3) is 5.59. The minimum atomic E-state index is 0.233. The standard InChI is InChI=1S/C26H39N5O/c1-4-31-20(2)24(15-28-31)18-29(3)26(32)12-8-11-25-23-13-22(14-27-25)17-30(19-23)16-21-9-6-5-7-10-21/h5-7,9-10,15,22-23,25,27H,4,8,11-14,16-19H2,1-3H3/t22-,23+,25+/m0/s1. The fourth-order valence-electron chi connectivity index (χ4n) is 5.55. The number of aromatic nitrogens is 2. The van der Waals surface area contributed by atoms with Gasteiger partial charge in [-0.25, -0.2) is 0 Å². The van der Waals surface area contributed by atoms with Crippen LogP contribution in [0.1, 0.15) is 49.4 Å². The number of carbonyl (C=O) groups is 1. The first-order valence-corrected chi connectivity index (χ1v) is 12.3. The SMILES string of the molecule is CCn1ncc(CN(C)C(=O)CCC[C@H]2NC[C@@H]3C[C@@H]2CN(Cc2ccccc2)C3)c1C. The van der Waals surface area contributed by atoms with Gasteiger partial charge in [-0.05, 0) is 57.1 Å². The van der Waals surface area contributed by atoms with Gasteiger partial charge in [0.1, 0.15) is 0 Å². The van der Waals surface area contributed by atoms with Gasteiger partial charge in [0.25, 0.3) is 0 Å². The third-order valence-electron chi connectivity index (χ3n) is 7.38. The van der Waals surface area contributed by atoms with Crippen LogP contribution in [0.5, 0.6) is 0 Å². The first kappa shape index (κ1) is 23.0. The highest BCUT2D eigenvalue weighted by atomic mass is 16.2. The fraction of sp³-hybridized carbons (Fsp3) is 0.615. The highest BCUT2D eigenvalue weighted by Crippen LogP contribution is 2.31. The number of carbonyl (C=O) groups excluding carboxylic acids is 1. The van der Waals surface area contributed by atoms with Crippen molar-refractivity contribution >= 4 is 5.91 Å². The number of likely N-dealkylation sites (tertiary alicyclic amines) is 1. The number of rotatable bonds is 9. The predicted octanol–water partition coefficient (Wildman–Crippen LogP) is 3.45. The van der Waals surface area contributed by atoms with Crippen LogP contribution in [0.3, 0.4) is 0 Å². The summed E-state index contributed by atoms with van der Waals surface area (Å²) in [5, 5.41) is 8.20. The van der Waals surface area contributed by atoms with Gasteiger partial charge in [-0.15, -0.1) is 0 Å². The fourth-order valence-corrected chi connectivity index (χ4v) is 5.55. The van der Waals surface area contributed by atoms with Crippen LogP contribution in [0.2, 0.25) is 0 Å². The van der Waals surface area contributed by atoms with E-state index in [1.54, 1.807) is 0 Å². The van der Waals surface area contributed by atoms with Crippen molar-refractivity contribution in [3.63, 3.8) is 0 Å². The smallest absolute Gasteiger partial charge is 0.222 e. The van der Waals surface area contributed by atoms with Crippen molar-refractivity contribution in [1.82, 2.24) is 24.9 Å². The molecule has 0 radical (unpaired) electrons. The molecule has 2 bridgehead atoms. The zero-order valence-corrected chi connectivity index (χ0v) is 20.0. The molecule has 1 N–H and O–H groups in total. The van der Waals surface area contributed by atoms with E-state index in [1.807, 2.05) is 22.8 Å². The van der Waals surface area contributed by atoms with E-state index in [9.17, 15) is 4.79 Å². The molecular weight excluding hydrogens is 398 g/mol. The van der Waals surface area contributed by atoms with Gasteiger partial charge in [0, 0.05) is 63.5 Å². The number of amides is 1. The monoisotopic (exact) mass is 437 g/mol. The Labute approximate surface area is 193 Å². The molecule has 0 unspecified atom stereocenters. The first-order chi connectivity index (χ1) is 15.5. The maximum atomic E-state index is 12.7. The summed E-state index contributed by atoms with van der Waals surface area (Å²) in [5.41, 5.74) is 3.71. The Morgan fingerprint density at radius 3 is 2.81 bits per heavy atom. The number of nitrogens with zero attached hydrogens (tertiary/aromatic N) is 4. The van der Waals surface area contributed by atoms with Gasteiger partial charge in [-0.3, -0.25) is 14.4 Å². The van der Waals surface area contributed by atoms with E-state index in [0.717, 1.165) is 56.2 Å². The molecule has 0 spiro atoms. The normalized spacial score (nSPS) is 23.3. The van der Waals surface area contributed by atoms with Gasteiger partial charge in [-0.1, -0.05) is 30.3 Å². The maximum Gasteiger partial charge on any atom is 0.222 e. The summed E-state index contributed by atoms with van der Waals surface area (Å²) in [4.78, 5) is 17.2. The van der Waals surface area contributed by atoms with Crippen molar-refractivity contribution < 1.29 is 4.79 Å². The average Bonchev–Trinajstić information content (AvgIpc) is 3.15. The van der Waals surface area contributed by atoms with Crippen LogP contribution in [0.25, 0.3) is 0 Å². The van der Waals surface area contributed by atoms with Gasteiger partial charge in [-0.2, -0.15) is 5.10 Å². The Hall–Kier alpha value is -2.18. The van der Waals surface area contributed by atoms with Gasteiger partial charge < -0.3 is 10.2 Å². The lowest BCUT2D eigenvalue weighted by molar-refractivity contribution is -0.130. The molecule has 32 heavy (non-hydrogen) atoms. The summed E-state index contributed by atoms with van der Waals surface area (Å²) in [6, 6.07) is 11.4. The summed E-state index contributed by atoms with van der Waals surface area (Å²) in [6.07, 6.45) is 5.89. The Morgan fingerprint density at radius 2 is 2.06 bits per heavy atom. The number of fused-ring (bicyclic) bond motifs is 2. The molecule has 4 rings (SSSR count). The van der Waals surface area contributed by atoms with Crippen molar-refractivity contribution in [2.75, 3.05) is 26.7 Å². The van der Waals surface area contributed by atoms with Crippen LogP contribution in [0.4, 0.5) is 0 Å². The highest BCUT2D eigenvalue weighted by molar-refractivity contribution is 5.75. The molecule has 2 aliphatic rings. The molecule has 2 saturated heterocycles. The minimum absolute atomic E-state index is 0.233. The number of hydrogen-bond acceptors (Lipinski definition) is 4. The number of nitrogens with one attached hydrogen (secondary N) is 1. The van der Waals surface area contributed by atoms with Crippen molar-refractivity contribution in [2.24, 2.45) is 11.8 Å². The lowest BCUT2D eigenvalue weighted by Crippen LogP contribution is -2.55. The topological polar surface area (TPSA) is 53.4 Å². The molecular formula is C26H39N5O. The first-order valence-electron chi connectivity index (χ1n) is 12.3. The largest absolute Gasteiger partial charge is 0.341 e. The van der Waals surface area contributed by atoms with E-state index in [-0.39, 0.29) is 5.91 Å². The molecule has 1 aromatic heterocycles. The van der Waals surface area contributed by atoms with Crippen molar-refractivity contribution in [3.05, 3.63) is 53.3 Å². The van der Waals surface area contributed by atoms with Gasteiger partial charge in [0.15, 0.2) is 0 Å². The van der Waals surface area contributed by atoms with Crippen LogP contribution >= 0.6 is 0 Å². The molecule has 0 saturated carbocycles. The van der Waals surface area contributed by atoms with E-state index in [4.69, 9.17) is 0 Å². The van der Waals surface area contributed by atoms with E-state index in [2.05, 4.69) is 59.5 Å². The van der Waals surface area contributed by atoms with Crippen molar-refractivity contribution in [2.45, 2.75) is 65.2 Å². The zero-order chi connectivity index (χ0) is 22.5. The maximum absolute atomic E-state index is 12.7. The Bertz CT molecular complexity index is 880. The van der Waals surface area contributed by atoms with Gasteiger partial charge in [0.05, 0.1) is 6.20 Å². The summed E-state index contributed by atoms with van der Waals surface area (Å²) < 4.78 is 1.99. The predicted molar refractivity (Wildman–Crippen MR) is 128 cm³/mol. The van der Waals surface area contributed by atoms with Crippen LogP contribution in [-0.4, -0.2) is 58.2 Å². The van der Waals surface area contributed by atoms with Gasteiger partial charge >= 0.3 is 0 Å². The quantitative estimate of drug-likeness (QED) is 0.653. The number of benzene rings is 1. The van der Waals surface area contributed by atoms with Crippen LogP contribution in [-0.2, 0) is 24.4 Å². The van der Waals surface area contributed by atoms with Crippen molar-refractivity contribution in [1.29, 1.82) is 0 Å². The lowest BCUT2D eigenvalue weighted by Gasteiger charge is -2.46. The number of aryl methyl sites for hydroxylation is 1. The molecule has 3 heterocycles. The summed E-state index contributed by atoms with van der Waals surface area (Å²) in [6.45, 7) is 10.2. The van der Waals surface area contributed by atoms with Crippen LogP contribution in [0, 0.1) is 18.8 Å². The molecule has 1 amide bonds. The molecule has 2 aromatic rings. The summed E-state index contributed by atoms with van der Waals surface area (Å²) >= 11 is 0. The van der Waals surface area contributed by atoms with E-state index in [1.165, 1.54) is 18.5 Å². The Balaban J connectivity index is 1.23. The molecule has 0 aliphatic carbocycles. The Morgan fingerprint density at radius 1 is 1.25 bits per heavy atom. The van der Waals surface area contributed by atoms with E-state index < -0.39 is 0 Å². The molecule has 3 atom stereocenters. The molecule has 6 heteroatoms. The van der Waals surface area contributed by atoms with E-state index >= 15 is 0 Å². The van der Waals surface area contributed by atoms with Crippen LogP contribution in [0.15, 0.2) is 36.5 Å². The summed E-state index contributed by atoms with van der Waals surface area (Å²) in [5.74, 6) is 1.69. The van der Waals surface area contributed by atoms with Gasteiger partial charge in [0.2, 0.25) is 5.91 Å². The highest BCUT2D eigenvalue weighted by Gasteiger charge is 2.36. The molecule has 2 fully saturated rings.